The van der Waals surface area contributed by atoms with Gasteiger partial charge in [0.1, 0.15) is 5.82 Å². The Hall–Kier alpha value is -3.87. The van der Waals surface area contributed by atoms with Crippen LogP contribution in [0.25, 0.3) is 16.8 Å². The third kappa shape index (κ3) is 4.21. The number of benzene rings is 3. The highest BCUT2D eigenvalue weighted by Gasteiger charge is 2.45. The van der Waals surface area contributed by atoms with E-state index < -0.39 is 5.54 Å². The third-order valence-corrected chi connectivity index (χ3v) is 6.32. The fraction of sp³-hybridized carbons (Fsp3) is 0.259. The average molecular weight is 456 g/mol. The molecule has 1 N–H and O–H groups in total. The summed E-state index contributed by atoms with van der Waals surface area (Å²) in [7, 11) is 0. The summed E-state index contributed by atoms with van der Waals surface area (Å²) in [6.45, 7) is 6.10. The molecule has 34 heavy (non-hydrogen) atoms. The van der Waals surface area contributed by atoms with Crippen LogP contribution in [0.1, 0.15) is 59.9 Å². The van der Waals surface area contributed by atoms with Crippen LogP contribution in [0, 0.1) is 12.7 Å². The van der Waals surface area contributed by atoms with Crippen molar-refractivity contribution in [3.05, 3.63) is 95.1 Å². The van der Waals surface area contributed by atoms with Crippen molar-refractivity contribution < 1.29 is 9.18 Å². The molecule has 0 spiro atoms. The van der Waals surface area contributed by atoms with Crippen LogP contribution in [0.4, 0.5) is 4.39 Å². The second-order valence-electron chi connectivity index (χ2n) is 9.28. The molecule has 1 aromatic heterocycles. The number of carbonyl (C=O) groups excluding carboxylic acids is 1. The molecule has 1 saturated carbocycles. The lowest BCUT2D eigenvalue weighted by atomic mass is 9.99. The predicted octanol–water partition coefficient (Wildman–Crippen LogP) is 5.32. The summed E-state index contributed by atoms with van der Waals surface area (Å²) in [5.41, 5.74) is 4.77. The number of rotatable bonds is 6. The molecular formula is C27H26FN5O. The fourth-order valence-corrected chi connectivity index (χ4v) is 4.18. The van der Waals surface area contributed by atoms with Gasteiger partial charge in [-0.3, -0.25) is 4.79 Å². The number of aryl methyl sites for hydroxylation is 1. The van der Waals surface area contributed by atoms with Crippen molar-refractivity contribution in [1.29, 1.82) is 0 Å². The van der Waals surface area contributed by atoms with E-state index in [1.165, 1.54) is 12.1 Å². The van der Waals surface area contributed by atoms with E-state index in [9.17, 15) is 9.18 Å². The van der Waals surface area contributed by atoms with Crippen molar-refractivity contribution in [2.45, 2.75) is 45.1 Å². The molecule has 0 radical (unpaired) electrons. The highest BCUT2D eigenvalue weighted by molar-refractivity contribution is 5.97. The van der Waals surface area contributed by atoms with Gasteiger partial charge in [-0.25, -0.2) is 4.39 Å². The summed E-state index contributed by atoms with van der Waals surface area (Å²) in [5, 5.41) is 15.4. The standard InChI is InChI=1S/C27H26FN5O/c1-17(2)25-30-31-32-33(25)24-15-20(19-6-4-18(3)5-7-19)14-21(16-24)26(34)29-27(12-13-27)22-8-10-23(28)11-9-22/h4-11,14-17H,12-13H2,1-3H3,(H,29,34). The van der Waals surface area contributed by atoms with Crippen LogP contribution in [0.5, 0.6) is 0 Å². The normalized spacial score (nSPS) is 14.3. The summed E-state index contributed by atoms with van der Waals surface area (Å²) in [5.74, 6) is 0.362. The number of amides is 1. The topological polar surface area (TPSA) is 72.7 Å². The number of carbonyl (C=O) groups is 1. The van der Waals surface area contributed by atoms with Crippen LogP contribution in [-0.4, -0.2) is 26.1 Å². The Bertz CT molecular complexity index is 1340. The first-order valence-corrected chi connectivity index (χ1v) is 11.4. The van der Waals surface area contributed by atoms with Gasteiger partial charge in [0.2, 0.25) is 0 Å². The molecule has 1 aliphatic rings. The van der Waals surface area contributed by atoms with Gasteiger partial charge in [-0.15, -0.1) is 5.10 Å². The molecule has 5 rings (SSSR count). The van der Waals surface area contributed by atoms with Crippen molar-refractivity contribution >= 4 is 5.91 Å². The SMILES string of the molecule is Cc1ccc(-c2cc(C(=O)NC3(c4ccc(F)cc4)CC3)cc(-n3nnnc3C(C)C)c2)cc1. The van der Waals surface area contributed by atoms with Crippen LogP contribution in [0.15, 0.2) is 66.7 Å². The van der Waals surface area contributed by atoms with Crippen molar-refractivity contribution in [3.63, 3.8) is 0 Å². The van der Waals surface area contributed by atoms with E-state index in [4.69, 9.17) is 0 Å². The highest BCUT2D eigenvalue weighted by Crippen LogP contribution is 2.45. The van der Waals surface area contributed by atoms with Crippen LogP contribution in [-0.2, 0) is 5.54 Å². The number of tetrazole rings is 1. The molecule has 1 heterocycles. The third-order valence-electron chi connectivity index (χ3n) is 6.32. The Labute approximate surface area is 197 Å². The number of aromatic nitrogens is 4. The zero-order valence-corrected chi connectivity index (χ0v) is 19.4. The summed E-state index contributed by atoms with van der Waals surface area (Å²) in [6.07, 6.45) is 1.64. The van der Waals surface area contributed by atoms with E-state index in [0.717, 1.165) is 46.6 Å². The van der Waals surface area contributed by atoms with E-state index in [2.05, 4.69) is 20.8 Å². The van der Waals surface area contributed by atoms with Crippen molar-refractivity contribution in [2.75, 3.05) is 0 Å². The predicted molar refractivity (Wildman–Crippen MR) is 128 cm³/mol. The zero-order valence-electron chi connectivity index (χ0n) is 19.4. The molecule has 3 aromatic carbocycles. The van der Waals surface area contributed by atoms with Gasteiger partial charge in [0, 0.05) is 11.5 Å². The van der Waals surface area contributed by atoms with Crippen LogP contribution < -0.4 is 5.32 Å². The molecule has 1 amide bonds. The second kappa shape index (κ2) is 8.48. The molecule has 7 heteroatoms. The lowest BCUT2D eigenvalue weighted by molar-refractivity contribution is 0.0931. The summed E-state index contributed by atoms with van der Waals surface area (Å²) in [4.78, 5) is 13.5. The first-order valence-electron chi connectivity index (χ1n) is 11.4. The van der Waals surface area contributed by atoms with E-state index in [1.54, 1.807) is 16.8 Å². The maximum absolute atomic E-state index is 13.5. The number of hydrogen-bond donors (Lipinski definition) is 1. The minimum Gasteiger partial charge on any atom is -0.343 e. The van der Waals surface area contributed by atoms with Gasteiger partial charge in [0.05, 0.1) is 11.2 Å². The van der Waals surface area contributed by atoms with E-state index in [-0.39, 0.29) is 17.6 Å². The fourth-order valence-electron chi connectivity index (χ4n) is 4.18. The van der Waals surface area contributed by atoms with Gasteiger partial charge in [0.25, 0.3) is 5.91 Å². The molecule has 0 bridgehead atoms. The van der Waals surface area contributed by atoms with Crippen molar-refractivity contribution in [3.8, 4) is 16.8 Å². The second-order valence-corrected chi connectivity index (χ2v) is 9.28. The molecular weight excluding hydrogens is 429 g/mol. The summed E-state index contributed by atoms with van der Waals surface area (Å²) in [6, 6.07) is 20.2. The first-order chi connectivity index (χ1) is 16.3. The van der Waals surface area contributed by atoms with E-state index in [1.807, 2.05) is 63.2 Å². The minimum atomic E-state index is -0.456. The Morgan fingerprint density at radius 3 is 2.35 bits per heavy atom. The lowest BCUT2D eigenvalue weighted by Crippen LogP contribution is -2.35. The zero-order chi connectivity index (χ0) is 23.9. The van der Waals surface area contributed by atoms with Crippen molar-refractivity contribution in [2.24, 2.45) is 0 Å². The van der Waals surface area contributed by atoms with Gasteiger partial charge in [-0.2, -0.15) is 4.68 Å². The molecule has 1 aliphatic carbocycles. The first kappa shape index (κ1) is 21.9. The van der Waals surface area contributed by atoms with Gasteiger partial charge in [0.15, 0.2) is 5.82 Å². The molecule has 4 aromatic rings. The number of halogens is 1. The van der Waals surface area contributed by atoms with Crippen LogP contribution >= 0.6 is 0 Å². The maximum atomic E-state index is 13.5. The van der Waals surface area contributed by atoms with E-state index in [0.29, 0.717) is 5.56 Å². The number of hydrogen-bond acceptors (Lipinski definition) is 4. The molecule has 0 atom stereocenters. The van der Waals surface area contributed by atoms with Gasteiger partial charge in [-0.05, 0) is 77.2 Å². The molecule has 1 fully saturated rings. The Morgan fingerprint density at radius 1 is 1.00 bits per heavy atom. The number of nitrogens with zero attached hydrogens (tertiary/aromatic N) is 4. The van der Waals surface area contributed by atoms with Gasteiger partial charge in [-0.1, -0.05) is 55.8 Å². The molecule has 0 saturated heterocycles. The molecule has 6 nitrogen and oxygen atoms in total. The lowest BCUT2D eigenvalue weighted by Gasteiger charge is -2.19. The molecule has 172 valence electrons. The van der Waals surface area contributed by atoms with Crippen LogP contribution in [0.2, 0.25) is 0 Å². The average Bonchev–Trinajstić information content (AvgIpc) is 3.43. The molecule has 0 unspecified atom stereocenters. The quantitative estimate of drug-likeness (QED) is 0.427. The Morgan fingerprint density at radius 2 is 1.71 bits per heavy atom. The maximum Gasteiger partial charge on any atom is 0.252 e. The Balaban J connectivity index is 1.55. The largest absolute Gasteiger partial charge is 0.343 e. The Kier molecular flexibility index (Phi) is 5.48. The van der Waals surface area contributed by atoms with Crippen molar-refractivity contribution in [1.82, 2.24) is 25.5 Å². The monoisotopic (exact) mass is 455 g/mol. The summed E-state index contributed by atoms with van der Waals surface area (Å²) < 4.78 is 15.1. The van der Waals surface area contributed by atoms with Crippen LogP contribution in [0.3, 0.4) is 0 Å². The smallest absolute Gasteiger partial charge is 0.252 e. The number of nitrogens with one attached hydrogen (secondary N) is 1. The van der Waals surface area contributed by atoms with Gasteiger partial charge >= 0.3 is 0 Å². The summed E-state index contributed by atoms with van der Waals surface area (Å²) >= 11 is 0. The highest BCUT2D eigenvalue weighted by atomic mass is 19.1. The van der Waals surface area contributed by atoms with Gasteiger partial charge < -0.3 is 5.32 Å². The minimum absolute atomic E-state index is 0.114. The van der Waals surface area contributed by atoms with E-state index >= 15 is 0 Å². The molecule has 0 aliphatic heterocycles.